The predicted molar refractivity (Wildman–Crippen MR) is 145 cm³/mol. The molecule has 0 radical (unpaired) electrons. The zero-order valence-corrected chi connectivity index (χ0v) is 20.0. The highest BCUT2D eigenvalue weighted by Gasteiger charge is 2.20. The van der Waals surface area contributed by atoms with Gasteiger partial charge < -0.3 is 9.80 Å². The normalized spacial score (nSPS) is 16.9. The molecule has 2 fully saturated rings. The van der Waals surface area contributed by atoms with E-state index >= 15 is 0 Å². The Kier molecular flexibility index (Phi) is 6.13. The minimum atomic E-state index is 0.502. The molecule has 0 atom stereocenters. The van der Waals surface area contributed by atoms with Crippen LogP contribution < -0.4 is 15.2 Å². The molecular weight excluding hydrogens is 434 g/mol. The Labute approximate surface area is 205 Å². The van der Waals surface area contributed by atoms with Crippen molar-refractivity contribution in [3.63, 3.8) is 0 Å². The quantitative estimate of drug-likeness (QED) is 0.235. The number of benzene rings is 3. The first kappa shape index (κ1) is 21.8. The molecule has 1 aromatic heterocycles. The average molecular weight is 466 g/mol. The number of hydrazone groups is 1. The van der Waals surface area contributed by atoms with Crippen molar-refractivity contribution in [1.82, 2.24) is 15.0 Å². The molecule has 0 amide bonds. The number of nitrogens with one attached hydrogen (secondary N) is 1. The lowest BCUT2D eigenvalue weighted by Gasteiger charge is -2.30. The molecule has 0 saturated carbocycles. The average Bonchev–Trinajstić information content (AvgIpc) is 2.93. The summed E-state index contributed by atoms with van der Waals surface area (Å²) in [7, 11) is 0. The van der Waals surface area contributed by atoms with E-state index in [0.29, 0.717) is 5.95 Å². The molecule has 6 rings (SSSR count). The first-order chi connectivity index (χ1) is 17.3. The van der Waals surface area contributed by atoms with Gasteiger partial charge in [-0.25, -0.2) is 5.43 Å². The summed E-state index contributed by atoms with van der Waals surface area (Å²) in [5.74, 6) is 2.02. The van der Waals surface area contributed by atoms with Crippen molar-refractivity contribution in [3.8, 4) is 0 Å². The molecule has 3 heterocycles. The van der Waals surface area contributed by atoms with Gasteiger partial charge in [0, 0.05) is 31.7 Å². The van der Waals surface area contributed by atoms with E-state index in [1.54, 1.807) is 0 Å². The van der Waals surface area contributed by atoms with Gasteiger partial charge in [-0.3, -0.25) is 0 Å². The molecule has 0 aliphatic carbocycles. The Morgan fingerprint density at radius 2 is 1.17 bits per heavy atom. The molecule has 35 heavy (non-hydrogen) atoms. The highest BCUT2D eigenvalue weighted by molar-refractivity contribution is 6.13. The molecule has 3 aromatic carbocycles. The summed E-state index contributed by atoms with van der Waals surface area (Å²) in [6, 6.07) is 19.1. The van der Waals surface area contributed by atoms with Crippen LogP contribution in [0.3, 0.4) is 0 Å². The van der Waals surface area contributed by atoms with Crippen molar-refractivity contribution in [3.05, 3.63) is 60.2 Å². The zero-order chi connectivity index (χ0) is 23.5. The Balaban J connectivity index is 1.34. The van der Waals surface area contributed by atoms with Crippen molar-refractivity contribution >= 4 is 45.6 Å². The van der Waals surface area contributed by atoms with Gasteiger partial charge in [0.25, 0.3) is 0 Å². The Morgan fingerprint density at radius 1 is 0.657 bits per heavy atom. The van der Waals surface area contributed by atoms with Crippen molar-refractivity contribution < 1.29 is 0 Å². The highest BCUT2D eigenvalue weighted by atomic mass is 15.4. The maximum Gasteiger partial charge on any atom is 0.250 e. The van der Waals surface area contributed by atoms with Gasteiger partial charge >= 0.3 is 0 Å². The number of aromatic nitrogens is 3. The third-order valence-electron chi connectivity index (χ3n) is 7.06. The van der Waals surface area contributed by atoms with Crippen LogP contribution in [0.4, 0.5) is 17.8 Å². The van der Waals surface area contributed by atoms with Gasteiger partial charge in [0.15, 0.2) is 0 Å². The molecule has 7 nitrogen and oxygen atoms in total. The maximum absolute atomic E-state index is 4.87. The number of rotatable bonds is 5. The van der Waals surface area contributed by atoms with Crippen LogP contribution in [0.2, 0.25) is 0 Å². The lowest BCUT2D eigenvalue weighted by Crippen LogP contribution is -2.34. The Morgan fingerprint density at radius 3 is 1.71 bits per heavy atom. The van der Waals surface area contributed by atoms with Crippen LogP contribution in [0, 0.1) is 0 Å². The summed E-state index contributed by atoms with van der Waals surface area (Å²) >= 11 is 0. The summed E-state index contributed by atoms with van der Waals surface area (Å²) in [4.78, 5) is 19.0. The number of nitrogens with zero attached hydrogens (tertiary/aromatic N) is 6. The first-order valence-electron chi connectivity index (χ1n) is 12.8. The fourth-order valence-corrected chi connectivity index (χ4v) is 5.22. The van der Waals surface area contributed by atoms with Gasteiger partial charge in [-0.2, -0.15) is 20.1 Å². The lowest BCUT2D eigenvalue weighted by atomic mass is 9.97. The second kappa shape index (κ2) is 9.86. The lowest BCUT2D eigenvalue weighted by molar-refractivity contribution is 0.556. The summed E-state index contributed by atoms with van der Waals surface area (Å²) in [5.41, 5.74) is 4.23. The molecule has 0 unspecified atom stereocenters. The molecule has 0 spiro atoms. The van der Waals surface area contributed by atoms with Gasteiger partial charge in [-0.05, 0) is 66.1 Å². The van der Waals surface area contributed by atoms with E-state index in [-0.39, 0.29) is 0 Å². The molecule has 178 valence electrons. The van der Waals surface area contributed by atoms with E-state index in [9.17, 15) is 0 Å². The number of fused-ring (bicyclic) bond motifs is 2. The summed E-state index contributed by atoms with van der Waals surface area (Å²) in [5, 5.41) is 9.38. The number of hydrogen-bond donors (Lipinski definition) is 1. The van der Waals surface area contributed by atoms with E-state index in [0.717, 1.165) is 43.6 Å². The van der Waals surface area contributed by atoms with Gasteiger partial charge in [0.2, 0.25) is 17.8 Å². The van der Waals surface area contributed by atoms with E-state index in [1.165, 1.54) is 60.1 Å². The molecule has 2 saturated heterocycles. The molecule has 2 aliphatic heterocycles. The highest BCUT2D eigenvalue weighted by Crippen LogP contribution is 2.27. The number of hydrogen-bond acceptors (Lipinski definition) is 7. The SMILES string of the molecule is C(=N\Nc1nc(N2CCCCC2)nc(N2CCCCC2)n1)/c1c2ccccc2cc2ccccc12. The second-order valence-electron chi connectivity index (χ2n) is 9.46. The first-order valence-corrected chi connectivity index (χ1v) is 12.8. The van der Waals surface area contributed by atoms with Gasteiger partial charge in [-0.1, -0.05) is 48.5 Å². The minimum absolute atomic E-state index is 0.502. The third kappa shape index (κ3) is 4.63. The van der Waals surface area contributed by atoms with Crippen LogP contribution in [0.1, 0.15) is 44.1 Å². The Bertz CT molecular complexity index is 1260. The van der Waals surface area contributed by atoms with Crippen LogP contribution in [0.15, 0.2) is 59.7 Å². The third-order valence-corrected chi connectivity index (χ3v) is 7.06. The zero-order valence-electron chi connectivity index (χ0n) is 20.0. The van der Waals surface area contributed by atoms with Crippen molar-refractivity contribution in [2.75, 3.05) is 41.4 Å². The molecule has 1 N–H and O–H groups in total. The summed E-state index contributed by atoms with van der Waals surface area (Å²) in [6.07, 6.45) is 9.17. The van der Waals surface area contributed by atoms with Crippen molar-refractivity contribution in [2.24, 2.45) is 5.10 Å². The standard InChI is InChI=1S/C28H31N7/c1-7-15-34(16-8-1)27-30-26(31-28(32-27)35-17-9-2-10-18-35)33-29-20-25-23-13-5-3-11-21(23)19-22-12-4-6-14-24(22)25/h3-6,11-14,19-20H,1-2,7-10,15-18H2,(H,30,31,32,33)/b29-20+. The Hall–Kier alpha value is -3.74. The molecular formula is C28H31N7. The second-order valence-corrected chi connectivity index (χ2v) is 9.46. The van der Waals surface area contributed by atoms with E-state index in [1.807, 2.05) is 6.21 Å². The number of piperidine rings is 2. The van der Waals surface area contributed by atoms with E-state index < -0.39 is 0 Å². The van der Waals surface area contributed by atoms with Gasteiger partial charge in [0.05, 0.1) is 6.21 Å². The van der Waals surface area contributed by atoms with Crippen LogP contribution >= 0.6 is 0 Å². The van der Waals surface area contributed by atoms with Crippen LogP contribution in [-0.2, 0) is 0 Å². The van der Waals surface area contributed by atoms with Crippen molar-refractivity contribution in [2.45, 2.75) is 38.5 Å². The molecule has 7 heteroatoms. The van der Waals surface area contributed by atoms with E-state index in [2.05, 4.69) is 74.9 Å². The van der Waals surface area contributed by atoms with Gasteiger partial charge in [0.1, 0.15) is 0 Å². The van der Waals surface area contributed by atoms with Crippen LogP contribution in [0.25, 0.3) is 21.5 Å². The smallest absolute Gasteiger partial charge is 0.250 e. The summed E-state index contributed by atoms with van der Waals surface area (Å²) < 4.78 is 0. The topological polar surface area (TPSA) is 69.5 Å². The van der Waals surface area contributed by atoms with Crippen LogP contribution in [-0.4, -0.2) is 47.3 Å². The number of anilines is 3. The fourth-order valence-electron chi connectivity index (χ4n) is 5.22. The monoisotopic (exact) mass is 465 g/mol. The maximum atomic E-state index is 4.87. The van der Waals surface area contributed by atoms with Gasteiger partial charge in [-0.15, -0.1) is 0 Å². The van der Waals surface area contributed by atoms with Crippen molar-refractivity contribution in [1.29, 1.82) is 0 Å². The molecule has 4 aromatic rings. The minimum Gasteiger partial charge on any atom is -0.341 e. The fraction of sp³-hybridized carbons (Fsp3) is 0.357. The predicted octanol–water partition coefficient (Wildman–Crippen LogP) is 5.60. The van der Waals surface area contributed by atoms with Crippen LogP contribution in [0.5, 0.6) is 0 Å². The molecule has 0 bridgehead atoms. The van der Waals surface area contributed by atoms with E-state index in [4.69, 9.17) is 15.0 Å². The summed E-state index contributed by atoms with van der Waals surface area (Å²) in [6.45, 7) is 3.98. The largest absolute Gasteiger partial charge is 0.341 e. The molecule has 2 aliphatic rings.